The monoisotopic (exact) mass is 480 g/mol. The number of hydrogen-bond donors (Lipinski definition) is 2. The average molecular weight is 480 g/mol. The van der Waals surface area contributed by atoms with E-state index >= 15 is 0 Å². The lowest BCUT2D eigenvalue weighted by molar-refractivity contribution is -0.274. The molecule has 0 atom stereocenters. The van der Waals surface area contributed by atoms with Gasteiger partial charge in [-0.1, -0.05) is 24.3 Å². The molecule has 0 saturated heterocycles. The van der Waals surface area contributed by atoms with Gasteiger partial charge in [0.15, 0.2) is 0 Å². The Morgan fingerprint density at radius 3 is 2.31 bits per heavy atom. The van der Waals surface area contributed by atoms with Gasteiger partial charge in [0, 0.05) is 12.5 Å². The van der Waals surface area contributed by atoms with Crippen LogP contribution in [-0.2, 0) is 11.3 Å². The third-order valence-corrected chi connectivity index (χ3v) is 5.21. The number of hydrogen-bond acceptors (Lipinski definition) is 5. The number of nitriles is 1. The second kappa shape index (κ2) is 9.85. The van der Waals surface area contributed by atoms with Crippen molar-refractivity contribution < 1.29 is 27.5 Å². The van der Waals surface area contributed by atoms with Crippen LogP contribution in [0.5, 0.6) is 5.75 Å². The fourth-order valence-corrected chi connectivity index (χ4v) is 3.27. The van der Waals surface area contributed by atoms with E-state index in [-0.39, 0.29) is 35.6 Å². The number of anilines is 1. The molecule has 2 N–H and O–H groups in total. The zero-order valence-electron chi connectivity index (χ0n) is 18.2. The van der Waals surface area contributed by atoms with Crippen molar-refractivity contribution in [1.29, 1.82) is 5.26 Å². The molecule has 0 spiro atoms. The number of carbonyl (C=O) groups is 2. The highest BCUT2D eigenvalue weighted by Crippen LogP contribution is 2.31. The van der Waals surface area contributed by atoms with Crippen molar-refractivity contribution in [3.63, 3.8) is 0 Å². The summed E-state index contributed by atoms with van der Waals surface area (Å²) in [5.74, 6) is -1.01. The van der Waals surface area contributed by atoms with Gasteiger partial charge < -0.3 is 15.4 Å². The van der Waals surface area contributed by atoms with E-state index in [0.717, 1.165) is 30.5 Å². The third-order valence-electron chi connectivity index (χ3n) is 5.21. The largest absolute Gasteiger partial charge is 0.573 e. The minimum Gasteiger partial charge on any atom is -0.406 e. The van der Waals surface area contributed by atoms with E-state index in [0.29, 0.717) is 16.7 Å². The van der Waals surface area contributed by atoms with E-state index in [2.05, 4.69) is 20.4 Å². The van der Waals surface area contributed by atoms with Crippen molar-refractivity contribution in [3.8, 4) is 22.9 Å². The molecule has 1 aromatic heterocycles. The number of rotatable bonds is 7. The van der Waals surface area contributed by atoms with Gasteiger partial charge in [0.1, 0.15) is 17.3 Å². The van der Waals surface area contributed by atoms with Gasteiger partial charge in [-0.05, 0) is 65.9 Å². The summed E-state index contributed by atoms with van der Waals surface area (Å²) < 4.78 is 41.3. The number of alkyl halides is 3. The minimum atomic E-state index is -4.81. The zero-order valence-corrected chi connectivity index (χ0v) is 18.2. The predicted octanol–water partition coefficient (Wildman–Crippen LogP) is 4.80. The first kappa shape index (κ1) is 23.8. The van der Waals surface area contributed by atoms with Gasteiger partial charge in [-0.3, -0.25) is 9.59 Å². The van der Waals surface area contributed by atoms with Crippen LogP contribution in [0.15, 0.2) is 60.7 Å². The highest BCUT2D eigenvalue weighted by atomic mass is 19.4. The van der Waals surface area contributed by atoms with Gasteiger partial charge in [0.2, 0.25) is 5.91 Å². The third kappa shape index (κ3) is 6.57. The fourth-order valence-electron chi connectivity index (χ4n) is 3.27. The number of amides is 2. The molecule has 1 saturated carbocycles. The summed E-state index contributed by atoms with van der Waals surface area (Å²) >= 11 is 0. The summed E-state index contributed by atoms with van der Waals surface area (Å²) in [6.07, 6.45) is -3.24. The van der Waals surface area contributed by atoms with Crippen molar-refractivity contribution in [2.24, 2.45) is 5.92 Å². The van der Waals surface area contributed by atoms with Gasteiger partial charge >= 0.3 is 6.36 Å². The van der Waals surface area contributed by atoms with Crippen molar-refractivity contribution in [3.05, 3.63) is 77.5 Å². The van der Waals surface area contributed by atoms with E-state index < -0.39 is 12.3 Å². The lowest BCUT2D eigenvalue weighted by atomic mass is 10.1. The SMILES string of the molecule is N#Cc1ccc(CNC(=O)c2cc(-c3ccc(OC(F)(F)F)cc3)cc(NC(=O)C3CC3)n2)cc1. The molecule has 10 heteroatoms. The van der Waals surface area contributed by atoms with E-state index in [9.17, 15) is 22.8 Å². The van der Waals surface area contributed by atoms with Gasteiger partial charge in [-0.2, -0.15) is 5.26 Å². The van der Waals surface area contributed by atoms with Gasteiger partial charge in [0.05, 0.1) is 11.6 Å². The molecule has 0 radical (unpaired) electrons. The molecule has 1 fully saturated rings. The van der Waals surface area contributed by atoms with Crippen LogP contribution in [0.3, 0.4) is 0 Å². The number of carbonyl (C=O) groups excluding carboxylic acids is 2. The summed E-state index contributed by atoms with van der Waals surface area (Å²) in [6, 6.07) is 16.9. The first-order chi connectivity index (χ1) is 16.7. The molecule has 1 aliphatic rings. The Morgan fingerprint density at radius 1 is 1.03 bits per heavy atom. The molecule has 2 amide bonds. The van der Waals surface area contributed by atoms with Crippen LogP contribution in [0.4, 0.5) is 19.0 Å². The predicted molar refractivity (Wildman–Crippen MR) is 120 cm³/mol. The molecular weight excluding hydrogens is 461 g/mol. The average Bonchev–Trinajstić information content (AvgIpc) is 3.68. The van der Waals surface area contributed by atoms with Gasteiger partial charge in [0.25, 0.3) is 5.91 Å². The Balaban J connectivity index is 1.56. The second-order valence-electron chi connectivity index (χ2n) is 7.95. The fraction of sp³-hybridized carbons (Fsp3) is 0.200. The highest BCUT2D eigenvalue weighted by Gasteiger charge is 2.31. The van der Waals surface area contributed by atoms with Crippen molar-refractivity contribution in [2.75, 3.05) is 5.32 Å². The normalized spacial score (nSPS) is 13.0. The Labute approximate surface area is 198 Å². The Bertz CT molecular complexity index is 1280. The maximum Gasteiger partial charge on any atom is 0.573 e. The standard InChI is InChI=1S/C25H19F3N4O3/c26-25(27,28)35-20-9-7-17(8-10-20)19-11-21(31-22(12-19)32-23(33)18-5-6-18)24(34)30-14-16-3-1-15(13-29)2-4-16/h1-4,7-12,18H,5-6,14H2,(H,30,34)(H,31,32,33). The zero-order chi connectivity index (χ0) is 25.0. The smallest absolute Gasteiger partial charge is 0.406 e. The van der Waals surface area contributed by atoms with Gasteiger partial charge in [-0.25, -0.2) is 4.98 Å². The lowest BCUT2D eigenvalue weighted by Crippen LogP contribution is -2.24. The Morgan fingerprint density at radius 2 is 1.71 bits per heavy atom. The second-order valence-corrected chi connectivity index (χ2v) is 7.95. The Hall–Kier alpha value is -4.39. The van der Waals surface area contributed by atoms with E-state index in [1.807, 2.05) is 6.07 Å². The summed E-state index contributed by atoms with van der Waals surface area (Å²) in [6.45, 7) is 0.184. The molecule has 4 rings (SSSR count). The van der Waals surface area contributed by atoms with E-state index in [1.165, 1.54) is 18.2 Å². The number of halogens is 3. The van der Waals surface area contributed by atoms with Crippen LogP contribution in [-0.4, -0.2) is 23.2 Å². The molecule has 0 bridgehead atoms. The number of aromatic nitrogens is 1. The number of nitrogens with zero attached hydrogens (tertiary/aromatic N) is 2. The number of ether oxygens (including phenoxy) is 1. The molecule has 3 aromatic rings. The molecule has 2 aromatic carbocycles. The molecule has 0 unspecified atom stereocenters. The summed E-state index contributed by atoms with van der Waals surface area (Å²) in [7, 11) is 0. The first-order valence-electron chi connectivity index (χ1n) is 10.7. The minimum absolute atomic E-state index is 0.0258. The summed E-state index contributed by atoms with van der Waals surface area (Å²) in [5, 5.41) is 14.3. The molecule has 7 nitrogen and oxygen atoms in total. The van der Waals surface area contributed by atoms with Crippen LogP contribution in [0.1, 0.15) is 34.5 Å². The van der Waals surface area contributed by atoms with Crippen LogP contribution in [0.25, 0.3) is 11.1 Å². The molecule has 0 aliphatic heterocycles. The van der Waals surface area contributed by atoms with Crippen molar-refractivity contribution >= 4 is 17.6 Å². The van der Waals surface area contributed by atoms with Crippen molar-refractivity contribution in [2.45, 2.75) is 25.7 Å². The number of pyridine rings is 1. The van der Waals surface area contributed by atoms with E-state index in [4.69, 9.17) is 5.26 Å². The van der Waals surface area contributed by atoms with Crippen LogP contribution in [0.2, 0.25) is 0 Å². The molecule has 1 heterocycles. The first-order valence-corrected chi connectivity index (χ1v) is 10.7. The molecule has 1 aliphatic carbocycles. The van der Waals surface area contributed by atoms with Crippen LogP contribution in [0, 0.1) is 17.2 Å². The molecule has 178 valence electrons. The maximum absolute atomic E-state index is 12.8. The lowest BCUT2D eigenvalue weighted by Gasteiger charge is -2.12. The summed E-state index contributed by atoms with van der Waals surface area (Å²) in [4.78, 5) is 29.3. The maximum atomic E-state index is 12.8. The van der Waals surface area contributed by atoms with E-state index in [1.54, 1.807) is 30.3 Å². The van der Waals surface area contributed by atoms with Gasteiger partial charge in [-0.15, -0.1) is 13.2 Å². The van der Waals surface area contributed by atoms with Crippen molar-refractivity contribution in [1.82, 2.24) is 10.3 Å². The number of nitrogens with one attached hydrogen (secondary N) is 2. The highest BCUT2D eigenvalue weighted by molar-refractivity contribution is 5.97. The molecular formula is C25H19F3N4O3. The van der Waals surface area contributed by atoms with Crippen LogP contribution < -0.4 is 15.4 Å². The quantitative estimate of drug-likeness (QED) is 0.506. The molecule has 35 heavy (non-hydrogen) atoms. The van der Waals surface area contributed by atoms with Crippen LogP contribution >= 0.6 is 0 Å². The number of benzene rings is 2. The summed E-state index contributed by atoms with van der Waals surface area (Å²) in [5.41, 5.74) is 2.28. The Kier molecular flexibility index (Phi) is 6.68. The topological polar surface area (TPSA) is 104 Å².